The van der Waals surface area contributed by atoms with Crippen LogP contribution in [0.1, 0.15) is 16.1 Å². The van der Waals surface area contributed by atoms with Gasteiger partial charge >= 0.3 is 0 Å². The second-order valence-electron chi connectivity index (χ2n) is 5.22. The van der Waals surface area contributed by atoms with E-state index in [1.165, 1.54) is 16.8 Å². The Bertz CT molecular complexity index is 936. The lowest BCUT2D eigenvalue weighted by Crippen LogP contribution is -2.16. The van der Waals surface area contributed by atoms with Gasteiger partial charge in [-0.1, -0.05) is 12.0 Å². The Morgan fingerprint density at radius 2 is 1.96 bits per heavy atom. The number of aromatic nitrogens is 2. The van der Waals surface area contributed by atoms with Crippen molar-refractivity contribution in [1.82, 2.24) is 9.78 Å². The fraction of sp³-hybridized carbons (Fsp3) is 0.0526. The van der Waals surface area contributed by atoms with Crippen molar-refractivity contribution in [2.75, 3.05) is 5.32 Å². The molecule has 5 heteroatoms. The lowest BCUT2D eigenvalue weighted by Gasteiger charge is -2.05. The second kappa shape index (κ2) is 6.39. The Kier molecular flexibility index (Phi) is 4.13. The summed E-state index contributed by atoms with van der Waals surface area (Å²) in [4.78, 5) is 12.4. The van der Waals surface area contributed by atoms with Crippen LogP contribution in [-0.2, 0) is 7.05 Å². The van der Waals surface area contributed by atoms with Gasteiger partial charge in [0.2, 0.25) is 0 Å². The van der Waals surface area contributed by atoms with E-state index < -0.39 is 0 Å². The van der Waals surface area contributed by atoms with Crippen LogP contribution in [0.2, 0.25) is 0 Å². The van der Waals surface area contributed by atoms with E-state index in [2.05, 4.69) is 16.3 Å². The van der Waals surface area contributed by atoms with Crippen LogP contribution in [-0.4, -0.2) is 15.7 Å². The number of carbonyl (C=O) groups excluding carboxylic acids is 1. The third kappa shape index (κ3) is 3.18. The minimum Gasteiger partial charge on any atom is -0.321 e. The summed E-state index contributed by atoms with van der Waals surface area (Å²) in [6.45, 7) is 0. The molecule has 0 aliphatic rings. The zero-order valence-corrected chi connectivity index (χ0v) is 13.0. The standard InChI is InChI=1S/C19H14FN3O/c1-3-13-5-4-6-16(11-13)21-19(24)18-12-17(22-23(18)2)14-7-9-15(20)10-8-14/h1,4-12H,2H3,(H,21,24). The third-order valence-corrected chi connectivity index (χ3v) is 3.54. The monoisotopic (exact) mass is 319 g/mol. The molecule has 1 amide bonds. The number of benzene rings is 2. The molecule has 24 heavy (non-hydrogen) atoms. The highest BCUT2D eigenvalue weighted by atomic mass is 19.1. The number of terminal acetylenes is 1. The molecule has 2 aromatic carbocycles. The van der Waals surface area contributed by atoms with Crippen molar-refractivity contribution in [1.29, 1.82) is 0 Å². The topological polar surface area (TPSA) is 46.9 Å². The summed E-state index contributed by atoms with van der Waals surface area (Å²) in [6.07, 6.45) is 5.36. The van der Waals surface area contributed by atoms with Crippen molar-refractivity contribution in [2.45, 2.75) is 0 Å². The van der Waals surface area contributed by atoms with E-state index >= 15 is 0 Å². The van der Waals surface area contributed by atoms with Crippen molar-refractivity contribution in [3.05, 3.63) is 71.7 Å². The van der Waals surface area contributed by atoms with Gasteiger partial charge in [0.25, 0.3) is 5.91 Å². The van der Waals surface area contributed by atoms with E-state index in [-0.39, 0.29) is 11.7 Å². The van der Waals surface area contributed by atoms with Gasteiger partial charge in [0.05, 0.1) is 5.69 Å². The van der Waals surface area contributed by atoms with Crippen molar-refractivity contribution in [3.8, 4) is 23.6 Å². The maximum atomic E-state index is 13.0. The molecule has 1 N–H and O–H groups in total. The molecule has 0 saturated carbocycles. The number of rotatable bonds is 3. The van der Waals surface area contributed by atoms with Gasteiger partial charge in [-0.05, 0) is 48.5 Å². The minimum atomic E-state index is -0.318. The molecule has 118 valence electrons. The molecule has 0 saturated heterocycles. The van der Waals surface area contributed by atoms with Gasteiger partial charge in [-0.2, -0.15) is 5.10 Å². The summed E-state index contributed by atoms with van der Waals surface area (Å²) < 4.78 is 14.5. The van der Waals surface area contributed by atoms with Crippen molar-refractivity contribution in [2.24, 2.45) is 7.05 Å². The second-order valence-corrected chi connectivity index (χ2v) is 5.22. The van der Waals surface area contributed by atoms with Crippen LogP contribution in [0.25, 0.3) is 11.3 Å². The van der Waals surface area contributed by atoms with E-state index in [4.69, 9.17) is 6.42 Å². The molecule has 3 rings (SSSR count). The molecule has 0 fully saturated rings. The summed E-state index contributed by atoms with van der Waals surface area (Å²) >= 11 is 0. The number of carbonyl (C=O) groups is 1. The SMILES string of the molecule is C#Cc1cccc(NC(=O)c2cc(-c3ccc(F)cc3)nn2C)c1. The average molecular weight is 319 g/mol. The molecule has 0 aliphatic carbocycles. The molecule has 0 bridgehead atoms. The molecule has 0 aliphatic heterocycles. The van der Waals surface area contributed by atoms with Gasteiger partial charge in [0.15, 0.2) is 0 Å². The number of halogens is 1. The lowest BCUT2D eigenvalue weighted by molar-refractivity contribution is 0.101. The number of aryl methyl sites for hydroxylation is 1. The highest BCUT2D eigenvalue weighted by Gasteiger charge is 2.14. The fourth-order valence-corrected chi connectivity index (χ4v) is 2.32. The Morgan fingerprint density at radius 3 is 2.67 bits per heavy atom. The number of nitrogens with zero attached hydrogens (tertiary/aromatic N) is 2. The molecular formula is C19H14FN3O. The van der Waals surface area contributed by atoms with E-state index in [9.17, 15) is 9.18 Å². The van der Waals surface area contributed by atoms with Gasteiger partial charge in [-0.15, -0.1) is 6.42 Å². The summed E-state index contributed by atoms with van der Waals surface area (Å²) in [5.74, 6) is 1.91. The maximum Gasteiger partial charge on any atom is 0.273 e. The first-order chi connectivity index (χ1) is 11.6. The molecule has 0 radical (unpaired) electrons. The smallest absolute Gasteiger partial charge is 0.273 e. The van der Waals surface area contributed by atoms with Gasteiger partial charge in [-0.3, -0.25) is 9.48 Å². The first-order valence-electron chi connectivity index (χ1n) is 7.25. The largest absolute Gasteiger partial charge is 0.321 e. The number of amides is 1. The lowest BCUT2D eigenvalue weighted by atomic mass is 10.1. The van der Waals surface area contributed by atoms with Crippen LogP contribution in [0.15, 0.2) is 54.6 Å². The third-order valence-electron chi connectivity index (χ3n) is 3.54. The predicted octanol–water partition coefficient (Wildman–Crippen LogP) is 3.46. The minimum absolute atomic E-state index is 0.299. The van der Waals surface area contributed by atoms with Crippen molar-refractivity contribution >= 4 is 11.6 Å². The number of hydrogen-bond acceptors (Lipinski definition) is 2. The average Bonchev–Trinajstić information content (AvgIpc) is 2.97. The van der Waals surface area contributed by atoms with Crippen LogP contribution in [0, 0.1) is 18.2 Å². The summed E-state index contributed by atoms with van der Waals surface area (Å²) in [6, 6.07) is 14.7. The molecule has 0 atom stereocenters. The van der Waals surface area contributed by atoms with Crippen LogP contribution in [0.3, 0.4) is 0 Å². The summed E-state index contributed by atoms with van der Waals surface area (Å²) in [7, 11) is 1.68. The Hall–Kier alpha value is -3.39. The van der Waals surface area contributed by atoms with E-state index in [0.717, 1.165) is 5.56 Å². The quantitative estimate of drug-likeness (QED) is 0.752. The predicted molar refractivity (Wildman–Crippen MR) is 90.9 cm³/mol. The first-order valence-corrected chi connectivity index (χ1v) is 7.25. The number of anilines is 1. The molecule has 1 aromatic heterocycles. The zero-order chi connectivity index (χ0) is 17.1. The zero-order valence-electron chi connectivity index (χ0n) is 13.0. The summed E-state index contributed by atoms with van der Waals surface area (Å²) in [5.41, 5.74) is 3.02. The van der Waals surface area contributed by atoms with E-state index in [1.807, 2.05) is 0 Å². The normalized spacial score (nSPS) is 10.2. The molecule has 1 heterocycles. The molecule has 0 spiro atoms. The van der Waals surface area contributed by atoms with Gasteiger partial charge in [0.1, 0.15) is 11.5 Å². The molecule has 0 unspecified atom stereocenters. The van der Waals surface area contributed by atoms with Crippen molar-refractivity contribution < 1.29 is 9.18 Å². The van der Waals surface area contributed by atoms with E-state index in [1.54, 1.807) is 49.5 Å². The highest BCUT2D eigenvalue weighted by molar-refractivity contribution is 6.03. The Balaban J connectivity index is 1.85. The molecule has 3 aromatic rings. The van der Waals surface area contributed by atoms with E-state index in [0.29, 0.717) is 22.6 Å². The van der Waals surface area contributed by atoms with Crippen LogP contribution >= 0.6 is 0 Å². The highest BCUT2D eigenvalue weighted by Crippen LogP contribution is 2.20. The van der Waals surface area contributed by atoms with Gasteiger partial charge in [0, 0.05) is 23.9 Å². The van der Waals surface area contributed by atoms with Crippen molar-refractivity contribution in [3.63, 3.8) is 0 Å². The maximum absolute atomic E-state index is 13.0. The van der Waals surface area contributed by atoms with Crippen LogP contribution < -0.4 is 5.32 Å². The Labute approximate surface area is 138 Å². The van der Waals surface area contributed by atoms with Gasteiger partial charge in [-0.25, -0.2) is 4.39 Å². The first kappa shape index (κ1) is 15.5. The van der Waals surface area contributed by atoms with Crippen LogP contribution in [0.5, 0.6) is 0 Å². The summed E-state index contributed by atoms with van der Waals surface area (Å²) in [5, 5.41) is 7.10. The molecular weight excluding hydrogens is 305 g/mol. The van der Waals surface area contributed by atoms with Gasteiger partial charge < -0.3 is 5.32 Å². The number of hydrogen-bond donors (Lipinski definition) is 1. The number of nitrogens with one attached hydrogen (secondary N) is 1. The molecule has 4 nitrogen and oxygen atoms in total. The Morgan fingerprint density at radius 1 is 1.21 bits per heavy atom. The fourth-order valence-electron chi connectivity index (χ4n) is 2.32. The van der Waals surface area contributed by atoms with Crippen LogP contribution in [0.4, 0.5) is 10.1 Å².